The molecular weight excluding hydrogens is 352 g/mol. The molecule has 2 aromatic heterocycles. The number of rotatable bonds is 8. The van der Waals surface area contributed by atoms with Crippen LogP contribution in [0.4, 0.5) is 0 Å². The van der Waals surface area contributed by atoms with Gasteiger partial charge in [-0.2, -0.15) is 5.10 Å². The van der Waals surface area contributed by atoms with Crippen LogP contribution < -0.4 is 15.4 Å². The van der Waals surface area contributed by atoms with Gasteiger partial charge in [0.2, 0.25) is 0 Å². The summed E-state index contributed by atoms with van der Waals surface area (Å²) in [7, 11) is 1.68. The molecule has 0 aliphatic carbocycles. The molecule has 7 nitrogen and oxygen atoms in total. The van der Waals surface area contributed by atoms with Gasteiger partial charge in [-0.15, -0.1) is 0 Å². The zero-order chi connectivity index (χ0) is 19.6. The Morgan fingerprint density at radius 2 is 1.96 bits per heavy atom. The monoisotopic (exact) mass is 378 g/mol. The topological polar surface area (TPSA) is 76.4 Å². The van der Waals surface area contributed by atoms with Gasteiger partial charge < -0.3 is 15.4 Å². The van der Waals surface area contributed by atoms with Crippen LogP contribution in [0.2, 0.25) is 0 Å². The van der Waals surface area contributed by atoms with Crippen molar-refractivity contribution in [3.05, 3.63) is 72.2 Å². The molecule has 0 radical (unpaired) electrons. The van der Waals surface area contributed by atoms with Crippen LogP contribution in [0.5, 0.6) is 5.75 Å². The van der Waals surface area contributed by atoms with E-state index in [1.165, 1.54) is 5.56 Å². The van der Waals surface area contributed by atoms with Gasteiger partial charge in [0, 0.05) is 31.7 Å². The highest BCUT2D eigenvalue weighted by atomic mass is 16.5. The maximum Gasteiger partial charge on any atom is 0.191 e. The van der Waals surface area contributed by atoms with Gasteiger partial charge in [-0.25, -0.2) is 14.7 Å². The number of nitrogens with zero attached hydrogens (tertiary/aromatic N) is 4. The van der Waals surface area contributed by atoms with Gasteiger partial charge in [-0.3, -0.25) is 0 Å². The molecule has 0 aliphatic rings. The number of aliphatic imine (C=N–C) groups is 1. The molecule has 0 atom stereocenters. The number of benzene rings is 1. The zero-order valence-electron chi connectivity index (χ0n) is 16.3. The summed E-state index contributed by atoms with van der Waals surface area (Å²) in [5.41, 5.74) is 2.33. The fraction of sp³-hybridized carbons (Fsp3) is 0.286. The Morgan fingerprint density at radius 1 is 1.11 bits per heavy atom. The van der Waals surface area contributed by atoms with Crippen molar-refractivity contribution in [1.29, 1.82) is 0 Å². The smallest absolute Gasteiger partial charge is 0.191 e. The van der Waals surface area contributed by atoms with Crippen LogP contribution in [0.3, 0.4) is 0 Å². The van der Waals surface area contributed by atoms with Crippen molar-refractivity contribution in [3.63, 3.8) is 0 Å². The molecule has 0 aliphatic heterocycles. The summed E-state index contributed by atoms with van der Waals surface area (Å²) in [6.45, 7) is 4.23. The molecule has 28 heavy (non-hydrogen) atoms. The van der Waals surface area contributed by atoms with E-state index in [1.54, 1.807) is 24.2 Å². The van der Waals surface area contributed by atoms with Gasteiger partial charge in [-0.1, -0.05) is 12.1 Å². The molecule has 7 heteroatoms. The maximum atomic E-state index is 5.20. The SMILES string of the molecule is CCNC(=NCc1ccnc(-n2cccn2)c1)NCCc1ccc(OC)cc1. The van der Waals surface area contributed by atoms with E-state index in [1.807, 2.05) is 36.5 Å². The lowest BCUT2D eigenvalue weighted by molar-refractivity contribution is 0.414. The first-order valence-corrected chi connectivity index (χ1v) is 9.38. The fourth-order valence-electron chi connectivity index (χ4n) is 2.72. The minimum atomic E-state index is 0.564. The fourth-order valence-corrected chi connectivity index (χ4v) is 2.72. The summed E-state index contributed by atoms with van der Waals surface area (Å²) in [4.78, 5) is 9.03. The van der Waals surface area contributed by atoms with E-state index in [2.05, 4.69) is 44.8 Å². The zero-order valence-corrected chi connectivity index (χ0v) is 16.3. The van der Waals surface area contributed by atoms with Crippen molar-refractivity contribution in [2.75, 3.05) is 20.2 Å². The number of nitrogens with one attached hydrogen (secondary N) is 2. The van der Waals surface area contributed by atoms with Gasteiger partial charge in [0.15, 0.2) is 11.8 Å². The lowest BCUT2D eigenvalue weighted by atomic mass is 10.1. The molecule has 2 heterocycles. The highest BCUT2D eigenvalue weighted by Gasteiger charge is 2.02. The number of pyridine rings is 1. The molecule has 0 saturated heterocycles. The minimum absolute atomic E-state index is 0.564. The first-order chi connectivity index (χ1) is 13.8. The third kappa shape index (κ3) is 5.57. The molecule has 3 rings (SSSR count). The Labute approximate surface area is 165 Å². The standard InChI is InChI=1S/C21H26N6O/c1-3-22-21(24-13-9-17-5-7-19(28-2)8-6-17)25-16-18-10-12-23-20(15-18)27-14-4-11-26-27/h4-8,10-12,14-15H,3,9,13,16H2,1-2H3,(H2,22,24,25). The summed E-state index contributed by atoms with van der Waals surface area (Å²) < 4.78 is 6.94. The summed E-state index contributed by atoms with van der Waals surface area (Å²) in [6, 6.07) is 14.0. The van der Waals surface area contributed by atoms with E-state index in [0.717, 1.165) is 42.6 Å². The van der Waals surface area contributed by atoms with Crippen LogP contribution in [0, 0.1) is 0 Å². The number of ether oxygens (including phenoxy) is 1. The molecule has 0 spiro atoms. The molecular formula is C21H26N6O. The van der Waals surface area contributed by atoms with Crippen molar-refractivity contribution in [3.8, 4) is 11.6 Å². The van der Waals surface area contributed by atoms with Crippen LogP contribution in [-0.2, 0) is 13.0 Å². The molecule has 0 saturated carbocycles. The van der Waals surface area contributed by atoms with Crippen molar-refractivity contribution in [2.24, 2.45) is 4.99 Å². The number of hydrogen-bond donors (Lipinski definition) is 2. The number of guanidine groups is 1. The van der Waals surface area contributed by atoms with Crippen LogP contribution in [0.15, 0.2) is 66.0 Å². The van der Waals surface area contributed by atoms with E-state index in [-0.39, 0.29) is 0 Å². The first-order valence-electron chi connectivity index (χ1n) is 9.38. The largest absolute Gasteiger partial charge is 0.497 e. The number of methoxy groups -OCH3 is 1. The van der Waals surface area contributed by atoms with Gasteiger partial charge in [0.05, 0.1) is 13.7 Å². The second-order valence-corrected chi connectivity index (χ2v) is 6.19. The van der Waals surface area contributed by atoms with E-state index < -0.39 is 0 Å². The first kappa shape index (κ1) is 19.4. The van der Waals surface area contributed by atoms with E-state index in [0.29, 0.717) is 6.54 Å². The third-order valence-electron chi connectivity index (χ3n) is 4.18. The Balaban J connectivity index is 1.57. The van der Waals surface area contributed by atoms with Gasteiger partial charge >= 0.3 is 0 Å². The van der Waals surface area contributed by atoms with E-state index >= 15 is 0 Å². The van der Waals surface area contributed by atoms with Crippen LogP contribution in [-0.4, -0.2) is 40.9 Å². The van der Waals surface area contributed by atoms with Crippen molar-refractivity contribution in [1.82, 2.24) is 25.4 Å². The summed E-state index contributed by atoms with van der Waals surface area (Å²) >= 11 is 0. The molecule has 0 unspecified atom stereocenters. The summed E-state index contributed by atoms with van der Waals surface area (Å²) in [5, 5.41) is 10.9. The molecule has 0 amide bonds. The van der Waals surface area contributed by atoms with Crippen LogP contribution >= 0.6 is 0 Å². The second kappa shape index (κ2) is 10.1. The Kier molecular flexibility index (Phi) is 7.01. The lowest BCUT2D eigenvalue weighted by Gasteiger charge is -2.12. The predicted octanol–water partition coefficient (Wildman–Crippen LogP) is 2.57. The minimum Gasteiger partial charge on any atom is -0.497 e. The Hall–Kier alpha value is -3.35. The van der Waals surface area contributed by atoms with Gasteiger partial charge in [0.25, 0.3) is 0 Å². The molecule has 0 bridgehead atoms. The van der Waals surface area contributed by atoms with Crippen molar-refractivity contribution in [2.45, 2.75) is 19.9 Å². The normalized spacial score (nSPS) is 11.3. The van der Waals surface area contributed by atoms with E-state index in [9.17, 15) is 0 Å². The van der Waals surface area contributed by atoms with Crippen LogP contribution in [0.25, 0.3) is 5.82 Å². The second-order valence-electron chi connectivity index (χ2n) is 6.19. The average Bonchev–Trinajstić information content (AvgIpc) is 3.28. The highest BCUT2D eigenvalue weighted by molar-refractivity contribution is 5.79. The molecule has 2 N–H and O–H groups in total. The lowest BCUT2D eigenvalue weighted by Crippen LogP contribution is -2.38. The number of hydrogen-bond acceptors (Lipinski definition) is 4. The van der Waals surface area contributed by atoms with Gasteiger partial charge in [0.1, 0.15) is 5.75 Å². The number of aromatic nitrogens is 3. The molecule has 1 aromatic carbocycles. The highest BCUT2D eigenvalue weighted by Crippen LogP contribution is 2.11. The average molecular weight is 378 g/mol. The Morgan fingerprint density at radius 3 is 2.68 bits per heavy atom. The molecule has 3 aromatic rings. The summed E-state index contributed by atoms with van der Waals surface area (Å²) in [5.74, 6) is 2.46. The van der Waals surface area contributed by atoms with Crippen molar-refractivity contribution < 1.29 is 4.74 Å². The van der Waals surface area contributed by atoms with Crippen molar-refractivity contribution >= 4 is 5.96 Å². The van der Waals surface area contributed by atoms with E-state index in [4.69, 9.17) is 4.74 Å². The molecule has 0 fully saturated rings. The van der Waals surface area contributed by atoms with Crippen LogP contribution in [0.1, 0.15) is 18.1 Å². The third-order valence-corrected chi connectivity index (χ3v) is 4.18. The summed E-state index contributed by atoms with van der Waals surface area (Å²) in [6.07, 6.45) is 6.31. The maximum absolute atomic E-state index is 5.20. The predicted molar refractivity (Wildman–Crippen MR) is 111 cm³/mol. The Bertz CT molecular complexity index is 874. The molecule has 146 valence electrons. The quantitative estimate of drug-likeness (QED) is 0.465. The van der Waals surface area contributed by atoms with Gasteiger partial charge in [-0.05, 0) is 54.8 Å².